The normalized spacial score (nSPS) is 11.5. The third-order valence-corrected chi connectivity index (χ3v) is 12.2. The average molecular weight is 791 g/mol. The third kappa shape index (κ3) is 5.92. The van der Waals surface area contributed by atoms with Gasteiger partial charge in [-0.25, -0.2) is 9.97 Å². The number of nitrogens with zero attached hydrogens (tertiary/aromatic N) is 4. The summed E-state index contributed by atoms with van der Waals surface area (Å²) in [6.45, 7) is 0. The van der Waals surface area contributed by atoms with Crippen LogP contribution < -0.4 is 0 Å². The van der Waals surface area contributed by atoms with Crippen LogP contribution >= 0.6 is 0 Å². The summed E-state index contributed by atoms with van der Waals surface area (Å²) in [6.07, 6.45) is 0. The highest BCUT2D eigenvalue weighted by Crippen LogP contribution is 2.43. The third-order valence-electron chi connectivity index (χ3n) is 12.2. The summed E-state index contributed by atoms with van der Waals surface area (Å²) >= 11 is 0. The average Bonchev–Trinajstić information content (AvgIpc) is 3.87. The molecule has 290 valence electrons. The van der Waals surface area contributed by atoms with E-state index in [2.05, 4.69) is 228 Å². The molecular formula is C58H38N4. The molecule has 0 atom stereocenters. The Morgan fingerprint density at radius 2 is 0.694 bits per heavy atom. The second kappa shape index (κ2) is 14.7. The van der Waals surface area contributed by atoms with E-state index in [1.165, 1.54) is 32.7 Å². The van der Waals surface area contributed by atoms with Crippen LogP contribution in [0.2, 0.25) is 0 Å². The summed E-state index contributed by atoms with van der Waals surface area (Å²) in [7, 11) is 0. The van der Waals surface area contributed by atoms with Gasteiger partial charge in [-0.1, -0.05) is 170 Å². The summed E-state index contributed by atoms with van der Waals surface area (Å²) < 4.78 is 4.87. The van der Waals surface area contributed by atoms with E-state index in [1.807, 2.05) is 12.1 Å². The molecule has 3 heterocycles. The molecule has 4 nitrogen and oxygen atoms in total. The van der Waals surface area contributed by atoms with Crippen LogP contribution in [0.15, 0.2) is 231 Å². The molecule has 0 spiro atoms. The van der Waals surface area contributed by atoms with E-state index < -0.39 is 0 Å². The second-order valence-electron chi connectivity index (χ2n) is 15.8. The number of rotatable bonds is 7. The highest BCUT2D eigenvalue weighted by molar-refractivity contribution is 6.12. The lowest BCUT2D eigenvalue weighted by molar-refractivity contribution is 1.15. The number of benzene rings is 9. The van der Waals surface area contributed by atoms with Crippen LogP contribution in [0.25, 0.3) is 111 Å². The molecule has 12 rings (SSSR count). The minimum atomic E-state index is 0.669. The van der Waals surface area contributed by atoms with Gasteiger partial charge in [0.1, 0.15) is 0 Å². The van der Waals surface area contributed by atoms with Crippen LogP contribution in [-0.4, -0.2) is 19.1 Å². The van der Waals surface area contributed by atoms with E-state index >= 15 is 0 Å². The van der Waals surface area contributed by atoms with Gasteiger partial charge in [0.2, 0.25) is 0 Å². The maximum atomic E-state index is 5.30. The number of aromatic nitrogens is 4. The number of para-hydroxylation sites is 4. The molecule has 0 saturated heterocycles. The van der Waals surface area contributed by atoms with E-state index in [-0.39, 0.29) is 0 Å². The summed E-state index contributed by atoms with van der Waals surface area (Å²) in [5, 5.41) is 4.86. The van der Waals surface area contributed by atoms with Gasteiger partial charge in [0, 0.05) is 49.4 Å². The second-order valence-corrected chi connectivity index (χ2v) is 15.8. The summed E-state index contributed by atoms with van der Waals surface area (Å²) in [5.74, 6) is 0.669. The molecule has 0 radical (unpaired) electrons. The Balaban J connectivity index is 1.16. The topological polar surface area (TPSA) is 35.6 Å². The lowest BCUT2D eigenvalue weighted by atomic mass is 9.97. The summed E-state index contributed by atoms with van der Waals surface area (Å²) in [6, 6.07) is 82.2. The van der Waals surface area contributed by atoms with Crippen molar-refractivity contribution in [2.75, 3.05) is 0 Å². The van der Waals surface area contributed by atoms with Gasteiger partial charge in [0.15, 0.2) is 5.82 Å². The zero-order valence-electron chi connectivity index (χ0n) is 33.7. The maximum Gasteiger partial charge on any atom is 0.160 e. The van der Waals surface area contributed by atoms with Gasteiger partial charge >= 0.3 is 0 Å². The van der Waals surface area contributed by atoms with Crippen molar-refractivity contribution in [1.82, 2.24) is 19.1 Å². The predicted octanol–water partition coefficient (Wildman–Crippen LogP) is 15.0. The molecule has 0 unspecified atom stereocenters. The molecule has 0 saturated carbocycles. The number of fused-ring (bicyclic) bond motifs is 6. The first-order chi connectivity index (χ1) is 30.8. The smallest absolute Gasteiger partial charge is 0.160 e. The highest BCUT2D eigenvalue weighted by atomic mass is 15.0. The minimum absolute atomic E-state index is 0.669. The molecule has 12 aromatic rings. The van der Waals surface area contributed by atoms with Crippen molar-refractivity contribution in [3.63, 3.8) is 0 Å². The largest absolute Gasteiger partial charge is 0.309 e. The van der Waals surface area contributed by atoms with Crippen molar-refractivity contribution in [1.29, 1.82) is 0 Å². The van der Waals surface area contributed by atoms with Gasteiger partial charge in [-0.3, -0.25) is 0 Å². The maximum absolute atomic E-state index is 5.30. The number of hydrogen-bond acceptors (Lipinski definition) is 2. The molecule has 4 heteroatoms. The van der Waals surface area contributed by atoms with Crippen molar-refractivity contribution in [2.24, 2.45) is 0 Å². The van der Waals surface area contributed by atoms with Crippen molar-refractivity contribution in [2.45, 2.75) is 0 Å². The van der Waals surface area contributed by atoms with Crippen LogP contribution in [-0.2, 0) is 0 Å². The fourth-order valence-electron chi connectivity index (χ4n) is 9.30. The molecule has 9 aromatic carbocycles. The first kappa shape index (κ1) is 35.6. The molecule has 0 aliphatic carbocycles. The Morgan fingerprint density at radius 3 is 1.27 bits per heavy atom. The lowest BCUT2D eigenvalue weighted by Crippen LogP contribution is -2.02. The predicted molar refractivity (Wildman–Crippen MR) is 258 cm³/mol. The van der Waals surface area contributed by atoms with Gasteiger partial charge in [-0.2, -0.15) is 0 Å². The minimum Gasteiger partial charge on any atom is -0.309 e. The van der Waals surface area contributed by atoms with Crippen LogP contribution in [0.5, 0.6) is 0 Å². The van der Waals surface area contributed by atoms with Gasteiger partial charge in [0.25, 0.3) is 0 Å². The first-order valence-electron chi connectivity index (χ1n) is 21.1. The zero-order chi connectivity index (χ0) is 41.0. The molecule has 0 bridgehead atoms. The van der Waals surface area contributed by atoms with Gasteiger partial charge in [-0.05, 0) is 71.8 Å². The van der Waals surface area contributed by atoms with Crippen molar-refractivity contribution in [3.05, 3.63) is 231 Å². The Morgan fingerprint density at radius 1 is 0.258 bits per heavy atom. The van der Waals surface area contributed by atoms with Crippen molar-refractivity contribution in [3.8, 4) is 67.5 Å². The SMILES string of the molecule is c1ccc(-c2ccc3c(c2)c2ccccc2n3-c2ccc(-c3nc(-c4ccccc4)cc(-c4ccccc4)n3)cc2-c2ccccc2-n2c3ccccc3c3ccccc32)cc1. The molecule has 0 fully saturated rings. The molecule has 0 aliphatic heterocycles. The van der Waals surface area contributed by atoms with Crippen LogP contribution in [0.1, 0.15) is 0 Å². The van der Waals surface area contributed by atoms with E-state index in [1.54, 1.807) is 0 Å². The van der Waals surface area contributed by atoms with Crippen molar-refractivity contribution < 1.29 is 0 Å². The molecular weight excluding hydrogens is 753 g/mol. The lowest BCUT2D eigenvalue weighted by Gasteiger charge is -2.20. The molecule has 3 aromatic heterocycles. The fraction of sp³-hybridized carbons (Fsp3) is 0. The Hall–Kier alpha value is -8.34. The Bertz CT molecular complexity index is 3510. The molecule has 0 aliphatic rings. The summed E-state index contributed by atoms with van der Waals surface area (Å²) in [4.78, 5) is 10.6. The van der Waals surface area contributed by atoms with E-state index in [9.17, 15) is 0 Å². The summed E-state index contributed by atoms with van der Waals surface area (Å²) in [5.41, 5.74) is 16.1. The van der Waals surface area contributed by atoms with Gasteiger partial charge in [0.05, 0.1) is 44.8 Å². The van der Waals surface area contributed by atoms with Crippen molar-refractivity contribution >= 4 is 43.6 Å². The molecule has 0 amide bonds. The first-order valence-corrected chi connectivity index (χ1v) is 21.1. The zero-order valence-corrected chi connectivity index (χ0v) is 33.7. The standard InChI is InChI=1S/C58H38N4/c1-4-18-39(19-5-1)42-32-34-56-48(36-42)46-26-12-17-31-55(46)62(56)57-35-33-43(58-59-50(40-20-6-2-7-21-40)38-51(60-58)41-22-8-3-9-23-41)37-49(57)47-27-13-16-30-54(47)61-52-28-14-10-24-44(52)45-25-11-15-29-53(45)61/h1-38H. The highest BCUT2D eigenvalue weighted by Gasteiger charge is 2.22. The molecule has 0 N–H and O–H groups in total. The van der Waals surface area contributed by atoms with Gasteiger partial charge in [-0.15, -0.1) is 0 Å². The number of hydrogen-bond donors (Lipinski definition) is 0. The Labute approximate surface area is 359 Å². The van der Waals surface area contributed by atoms with Crippen LogP contribution in [0.4, 0.5) is 0 Å². The van der Waals surface area contributed by atoms with Crippen LogP contribution in [0, 0.1) is 0 Å². The van der Waals surface area contributed by atoms with E-state index in [4.69, 9.17) is 9.97 Å². The quantitative estimate of drug-likeness (QED) is 0.161. The Kier molecular flexibility index (Phi) is 8.46. The van der Waals surface area contributed by atoms with Gasteiger partial charge < -0.3 is 9.13 Å². The van der Waals surface area contributed by atoms with Crippen LogP contribution in [0.3, 0.4) is 0 Å². The monoisotopic (exact) mass is 790 g/mol. The van der Waals surface area contributed by atoms with E-state index in [0.29, 0.717) is 5.82 Å². The van der Waals surface area contributed by atoms with E-state index in [0.717, 1.165) is 72.6 Å². The molecule has 62 heavy (non-hydrogen) atoms. The fourth-order valence-corrected chi connectivity index (χ4v) is 9.30.